The molecule has 1 unspecified atom stereocenters. The van der Waals surface area contributed by atoms with Gasteiger partial charge in [-0.3, -0.25) is 0 Å². The Labute approximate surface area is 136 Å². The highest BCUT2D eigenvalue weighted by Crippen LogP contribution is 2.31. The molecule has 2 rings (SSSR count). The summed E-state index contributed by atoms with van der Waals surface area (Å²) < 4.78 is 5.77. The molecule has 114 valence electrons. The number of nitrogens with one attached hydrogen (secondary N) is 1. The van der Waals surface area contributed by atoms with Crippen molar-refractivity contribution >= 4 is 23.2 Å². The van der Waals surface area contributed by atoms with Crippen LogP contribution in [0.3, 0.4) is 0 Å². The first-order valence-electron chi connectivity index (χ1n) is 7.17. The van der Waals surface area contributed by atoms with Crippen LogP contribution in [-0.2, 0) is 6.42 Å². The second kappa shape index (κ2) is 6.87. The summed E-state index contributed by atoms with van der Waals surface area (Å²) in [5.74, 6) is 1.94. The van der Waals surface area contributed by atoms with Crippen LogP contribution in [-0.4, -0.2) is 6.54 Å². The maximum Gasteiger partial charge on any atom is 0.106 e. The third-order valence-corrected chi connectivity index (χ3v) is 4.45. The van der Waals surface area contributed by atoms with Crippen molar-refractivity contribution in [2.45, 2.75) is 40.2 Å². The summed E-state index contributed by atoms with van der Waals surface area (Å²) in [5, 5.41) is 4.99. The van der Waals surface area contributed by atoms with Crippen LogP contribution in [0.4, 0.5) is 0 Å². The van der Waals surface area contributed by atoms with E-state index in [0.717, 1.165) is 35.1 Å². The van der Waals surface area contributed by atoms with Gasteiger partial charge >= 0.3 is 0 Å². The van der Waals surface area contributed by atoms with Crippen LogP contribution >= 0.6 is 23.2 Å². The molecule has 1 atom stereocenters. The van der Waals surface area contributed by atoms with E-state index >= 15 is 0 Å². The zero-order valence-electron chi connectivity index (χ0n) is 12.9. The smallest absolute Gasteiger partial charge is 0.106 e. The summed E-state index contributed by atoms with van der Waals surface area (Å²) in [4.78, 5) is 0. The summed E-state index contributed by atoms with van der Waals surface area (Å²) in [5.41, 5.74) is 3.48. The van der Waals surface area contributed by atoms with Gasteiger partial charge in [-0.15, -0.1) is 0 Å². The Balaban J connectivity index is 2.37. The molecule has 4 heteroatoms. The normalized spacial score (nSPS) is 12.7. The maximum atomic E-state index is 6.30. The molecule has 0 saturated carbocycles. The molecular weight excluding hydrogens is 305 g/mol. The Kier molecular flexibility index (Phi) is 5.37. The quantitative estimate of drug-likeness (QED) is 0.795. The molecule has 0 saturated heterocycles. The second-order valence-electron chi connectivity index (χ2n) is 5.30. The van der Waals surface area contributed by atoms with Crippen molar-refractivity contribution in [2.75, 3.05) is 6.54 Å². The summed E-state index contributed by atoms with van der Waals surface area (Å²) in [6.07, 6.45) is 0.786. The Morgan fingerprint density at radius 2 is 1.86 bits per heavy atom. The lowest BCUT2D eigenvalue weighted by molar-refractivity contribution is 0.484. The fourth-order valence-corrected chi connectivity index (χ4v) is 3.15. The highest BCUT2D eigenvalue weighted by Gasteiger charge is 2.21. The van der Waals surface area contributed by atoms with Crippen LogP contribution in [0.2, 0.25) is 10.0 Å². The Bertz CT molecular complexity index is 634. The number of benzene rings is 1. The van der Waals surface area contributed by atoms with E-state index in [4.69, 9.17) is 27.6 Å². The molecule has 2 aromatic rings. The fourth-order valence-electron chi connectivity index (χ4n) is 2.76. The first-order chi connectivity index (χ1) is 9.93. The van der Waals surface area contributed by atoms with E-state index < -0.39 is 0 Å². The summed E-state index contributed by atoms with van der Waals surface area (Å²) in [6.45, 7) is 9.10. The second-order valence-corrected chi connectivity index (χ2v) is 6.15. The van der Waals surface area contributed by atoms with Gasteiger partial charge in [0, 0.05) is 21.7 Å². The molecule has 1 aromatic heterocycles. The zero-order valence-corrected chi connectivity index (χ0v) is 14.4. The third kappa shape index (κ3) is 3.63. The van der Waals surface area contributed by atoms with E-state index in [1.54, 1.807) is 0 Å². The fraction of sp³-hybridized carbons (Fsp3) is 0.412. The van der Waals surface area contributed by atoms with Gasteiger partial charge in [0.2, 0.25) is 0 Å². The first-order valence-corrected chi connectivity index (χ1v) is 7.93. The van der Waals surface area contributed by atoms with Gasteiger partial charge in [-0.05, 0) is 63.1 Å². The molecule has 1 aromatic carbocycles. The lowest BCUT2D eigenvalue weighted by Gasteiger charge is -2.19. The molecule has 0 fully saturated rings. The number of likely N-dealkylation sites (N-methyl/N-ethyl adjacent to an activating group) is 1. The van der Waals surface area contributed by atoms with Gasteiger partial charge in [0.15, 0.2) is 0 Å². The number of hydrogen-bond acceptors (Lipinski definition) is 2. The van der Waals surface area contributed by atoms with Crippen LogP contribution in [0.15, 0.2) is 22.6 Å². The van der Waals surface area contributed by atoms with Crippen molar-refractivity contribution in [3.8, 4) is 0 Å². The minimum atomic E-state index is 0.170. The van der Waals surface area contributed by atoms with Crippen molar-refractivity contribution in [1.82, 2.24) is 5.32 Å². The molecule has 21 heavy (non-hydrogen) atoms. The number of furan rings is 1. The maximum absolute atomic E-state index is 6.30. The summed E-state index contributed by atoms with van der Waals surface area (Å²) in [6, 6.07) is 5.77. The van der Waals surface area contributed by atoms with E-state index in [0.29, 0.717) is 5.02 Å². The van der Waals surface area contributed by atoms with Gasteiger partial charge in [0.1, 0.15) is 11.5 Å². The zero-order chi connectivity index (χ0) is 15.6. The SMILES string of the molecule is CCNC(Cc1cc(Cl)ccc1Cl)c1c(C)oc(C)c1C. The van der Waals surface area contributed by atoms with Gasteiger partial charge in [0.25, 0.3) is 0 Å². The van der Waals surface area contributed by atoms with Gasteiger partial charge in [-0.2, -0.15) is 0 Å². The molecule has 0 amide bonds. The highest BCUT2D eigenvalue weighted by atomic mass is 35.5. The van der Waals surface area contributed by atoms with Gasteiger partial charge in [-0.1, -0.05) is 30.1 Å². The van der Waals surface area contributed by atoms with Crippen molar-refractivity contribution < 1.29 is 4.42 Å². The lowest BCUT2D eigenvalue weighted by Crippen LogP contribution is -2.24. The van der Waals surface area contributed by atoms with Gasteiger partial charge in [0.05, 0.1) is 0 Å². The molecule has 0 radical (unpaired) electrons. The molecule has 0 aliphatic heterocycles. The molecule has 0 aliphatic carbocycles. The molecule has 0 bridgehead atoms. The molecule has 1 N–H and O–H groups in total. The van der Waals surface area contributed by atoms with Crippen molar-refractivity contribution in [2.24, 2.45) is 0 Å². The van der Waals surface area contributed by atoms with Crippen molar-refractivity contribution in [3.05, 3.63) is 56.5 Å². The Morgan fingerprint density at radius 1 is 1.14 bits per heavy atom. The van der Waals surface area contributed by atoms with E-state index in [2.05, 4.69) is 19.2 Å². The number of halogens is 2. The largest absolute Gasteiger partial charge is 0.466 e. The number of hydrogen-bond donors (Lipinski definition) is 1. The van der Waals surface area contributed by atoms with Crippen molar-refractivity contribution in [1.29, 1.82) is 0 Å². The van der Waals surface area contributed by atoms with E-state index in [1.807, 2.05) is 32.0 Å². The molecule has 0 aliphatic rings. The number of rotatable bonds is 5. The van der Waals surface area contributed by atoms with E-state index in [9.17, 15) is 0 Å². The molecule has 1 heterocycles. The van der Waals surface area contributed by atoms with Gasteiger partial charge < -0.3 is 9.73 Å². The van der Waals surface area contributed by atoms with Crippen LogP contribution in [0.5, 0.6) is 0 Å². The summed E-state index contributed by atoms with van der Waals surface area (Å²) >= 11 is 12.4. The average Bonchev–Trinajstić information content (AvgIpc) is 2.67. The summed E-state index contributed by atoms with van der Waals surface area (Å²) in [7, 11) is 0. The minimum absolute atomic E-state index is 0.170. The van der Waals surface area contributed by atoms with E-state index in [-0.39, 0.29) is 6.04 Å². The molecule has 2 nitrogen and oxygen atoms in total. The highest BCUT2D eigenvalue weighted by molar-refractivity contribution is 6.33. The Morgan fingerprint density at radius 3 is 2.43 bits per heavy atom. The standard InChI is InChI=1S/C17H21Cl2NO/c1-5-20-16(17-10(2)11(3)21-12(17)4)9-13-8-14(18)6-7-15(13)19/h6-8,16,20H,5,9H2,1-4H3. The predicted molar refractivity (Wildman–Crippen MR) is 89.5 cm³/mol. The third-order valence-electron chi connectivity index (χ3n) is 3.85. The topological polar surface area (TPSA) is 25.2 Å². The lowest BCUT2D eigenvalue weighted by atomic mass is 9.95. The molecular formula is C17H21Cl2NO. The number of aryl methyl sites for hydroxylation is 2. The molecule has 0 spiro atoms. The Hall–Kier alpha value is -0.960. The monoisotopic (exact) mass is 325 g/mol. The van der Waals surface area contributed by atoms with Crippen LogP contribution < -0.4 is 5.32 Å². The van der Waals surface area contributed by atoms with Crippen LogP contribution in [0.1, 0.15) is 41.2 Å². The minimum Gasteiger partial charge on any atom is -0.466 e. The van der Waals surface area contributed by atoms with E-state index in [1.165, 1.54) is 11.1 Å². The van der Waals surface area contributed by atoms with Crippen LogP contribution in [0, 0.1) is 20.8 Å². The predicted octanol–water partition coefficient (Wildman–Crippen LogP) is 5.40. The average molecular weight is 326 g/mol. The van der Waals surface area contributed by atoms with Gasteiger partial charge in [-0.25, -0.2) is 0 Å². The first kappa shape index (κ1) is 16.4. The van der Waals surface area contributed by atoms with Crippen LogP contribution in [0.25, 0.3) is 0 Å². The van der Waals surface area contributed by atoms with Crippen molar-refractivity contribution in [3.63, 3.8) is 0 Å².